The Morgan fingerprint density at radius 3 is 0.579 bits per heavy atom. The minimum absolute atomic E-state index is 0. The molecule has 0 unspecified atom stereocenters. The molecule has 17 heteroatoms. The van der Waals surface area contributed by atoms with Crippen LogP contribution in [0.5, 0.6) is 0 Å². The maximum atomic E-state index is 9.75. The van der Waals surface area contributed by atoms with Gasteiger partial charge in [-0.05, 0) is 0 Å². The summed E-state index contributed by atoms with van der Waals surface area (Å²) in [4.78, 5) is 0. The average Bonchev–Trinajstić information content (AvgIpc) is 1.71. The summed E-state index contributed by atoms with van der Waals surface area (Å²) in [5.74, 6) is 0. The summed E-state index contributed by atoms with van der Waals surface area (Å²) >= 11 is 0. The van der Waals surface area contributed by atoms with E-state index in [4.69, 9.17) is 5.26 Å². The number of halogens is 12. The minimum Gasteiger partial charge on any atom is -0.418 e. The fourth-order valence-corrected chi connectivity index (χ4v) is 0. The van der Waals surface area contributed by atoms with Gasteiger partial charge in [-0.2, -0.15) is 5.26 Å². The summed E-state index contributed by atoms with van der Waals surface area (Å²) in [5, 5.41) is 7.32. The van der Waals surface area contributed by atoms with E-state index in [2.05, 4.69) is 0 Å². The summed E-state index contributed by atoms with van der Waals surface area (Å²) in [6.45, 7) is 1.43. The second kappa shape index (κ2) is 13.9. The molecule has 0 aromatic carbocycles. The van der Waals surface area contributed by atoms with E-state index in [1.54, 1.807) is 6.07 Å². The van der Waals surface area contributed by atoms with Gasteiger partial charge in [-0.15, -0.1) is 0 Å². The topological polar surface area (TPSA) is 23.8 Å². The van der Waals surface area contributed by atoms with Crippen molar-refractivity contribution in [2.45, 2.75) is 6.92 Å². The van der Waals surface area contributed by atoms with E-state index >= 15 is 0 Å². The maximum absolute atomic E-state index is 9.75. The van der Waals surface area contributed by atoms with Crippen molar-refractivity contribution in [3.63, 3.8) is 0 Å². The van der Waals surface area contributed by atoms with Gasteiger partial charge in [0.05, 0.1) is 6.07 Å². The van der Waals surface area contributed by atoms with E-state index in [9.17, 15) is 51.8 Å². The minimum atomic E-state index is -6.00. The third-order valence-corrected chi connectivity index (χ3v) is 0. The molecule has 0 aliphatic carbocycles. The van der Waals surface area contributed by atoms with Gasteiger partial charge in [0.25, 0.3) is 0 Å². The summed E-state index contributed by atoms with van der Waals surface area (Å²) in [6, 6.07) is 1.75. The molecule has 0 radical (unpaired) electrons. The number of hydrogen-bond donors (Lipinski definition) is 0. The predicted molar refractivity (Wildman–Crippen MR) is 41.8 cm³/mol. The Morgan fingerprint density at radius 1 is 0.579 bits per heavy atom. The molecule has 0 atom stereocenters. The smallest absolute Gasteiger partial charge is 0.418 e. The molecule has 0 aliphatic heterocycles. The molecule has 0 aliphatic rings. The van der Waals surface area contributed by atoms with Crippen LogP contribution in [0.4, 0.5) is 51.8 Å². The molecule has 0 N–H and O–H groups in total. The van der Waals surface area contributed by atoms with Gasteiger partial charge in [-0.1, -0.05) is 0 Å². The third-order valence-electron chi connectivity index (χ3n) is 0. The normalized spacial score (nSPS) is 9.89. The van der Waals surface area contributed by atoms with Gasteiger partial charge in [0, 0.05) is 6.92 Å². The van der Waals surface area contributed by atoms with Crippen LogP contribution in [-0.4, -0.2) is 21.8 Å². The van der Waals surface area contributed by atoms with Crippen molar-refractivity contribution in [3.8, 4) is 6.07 Å². The van der Waals surface area contributed by atoms with E-state index in [0.717, 1.165) is 0 Å². The van der Waals surface area contributed by atoms with Crippen LogP contribution in [0.2, 0.25) is 0 Å². The molecule has 0 aromatic rings. The number of hydrogen-bond acceptors (Lipinski definition) is 1. The fraction of sp³-hybridized carbons (Fsp3) is 0.500. The first-order valence-electron chi connectivity index (χ1n) is 3.34. The van der Waals surface area contributed by atoms with E-state index in [-0.39, 0.29) is 20.1 Å². The van der Waals surface area contributed by atoms with Crippen LogP contribution >= 0.6 is 0 Å². The molecule has 0 rings (SSSR count). The molecule has 0 amide bonds. The van der Waals surface area contributed by atoms with Crippen LogP contribution in [0.3, 0.4) is 0 Å². The van der Waals surface area contributed by atoms with Crippen molar-refractivity contribution in [2.24, 2.45) is 0 Å². The van der Waals surface area contributed by atoms with Gasteiger partial charge < -0.3 is 51.8 Å². The summed E-state index contributed by atoms with van der Waals surface area (Å²) in [5.41, 5.74) is 0. The van der Waals surface area contributed by atoms with Crippen molar-refractivity contribution < 1.29 is 71.9 Å². The van der Waals surface area contributed by atoms with Crippen LogP contribution in [0, 0.1) is 11.3 Å². The quantitative estimate of drug-likeness (QED) is 0.362. The monoisotopic (exact) mass is 495 g/mol. The van der Waals surface area contributed by atoms with Crippen molar-refractivity contribution in [1.29, 1.82) is 5.26 Å². The number of nitriles is 1. The first-order chi connectivity index (χ1) is 7.41. The van der Waals surface area contributed by atoms with Crippen LogP contribution < -0.4 is 0 Å². The van der Waals surface area contributed by atoms with Crippen molar-refractivity contribution in [3.05, 3.63) is 0 Å². The summed E-state index contributed by atoms with van der Waals surface area (Å²) in [7, 11) is -18.0. The molecule has 0 saturated heterocycles. The molecular formula is C2H3B3F12IrN. The molecule has 19 heavy (non-hydrogen) atoms. The van der Waals surface area contributed by atoms with Gasteiger partial charge in [-0.25, -0.2) is 0 Å². The van der Waals surface area contributed by atoms with E-state index < -0.39 is 21.8 Å². The number of rotatable bonds is 0. The molecule has 0 aromatic heterocycles. The van der Waals surface area contributed by atoms with Crippen LogP contribution in [-0.2, 0) is 20.1 Å². The summed E-state index contributed by atoms with van der Waals surface area (Å²) in [6.07, 6.45) is 0. The Hall–Kier alpha value is -0.506. The van der Waals surface area contributed by atoms with E-state index in [1.807, 2.05) is 0 Å². The summed E-state index contributed by atoms with van der Waals surface area (Å²) < 4.78 is 117. The molecule has 1 nitrogen and oxygen atoms in total. The molecule has 0 saturated carbocycles. The third kappa shape index (κ3) is 16400. The Labute approximate surface area is 113 Å². The second-order valence-electron chi connectivity index (χ2n) is 1.71. The second-order valence-corrected chi connectivity index (χ2v) is 1.71. The van der Waals surface area contributed by atoms with E-state index in [1.165, 1.54) is 6.92 Å². The van der Waals surface area contributed by atoms with Gasteiger partial charge in [0.15, 0.2) is 0 Å². The first kappa shape index (κ1) is 31.1. The van der Waals surface area contributed by atoms with Crippen molar-refractivity contribution in [1.82, 2.24) is 0 Å². The predicted octanol–water partition coefficient (Wildman–Crippen LogP) is 4.43. The molecule has 0 fully saturated rings. The Bertz CT molecular complexity index is 166. The zero-order valence-corrected chi connectivity index (χ0v) is 10.9. The van der Waals surface area contributed by atoms with Gasteiger partial charge in [0.2, 0.25) is 0 Å². The van der Waals surface area contributed by atoms with Gasteiger partial charge in [-0.3, -0.25) is 0 Å². The zero-order valence-electron chi connectivity index (χ0n) is 8.55. The largest absolute Gasteiger partial charge is 3.00 e. The van der Waals surface area contributed by atoms with Gasteiger partial charge in [0.1, 0.15) is 0 Å². The molecular weight excluding hydrogens is 491 g/mol. The Kier molecular flexibility index (Phi) is 22.8. The van der Waals surface area contributed by atoms with Gasteiger partial charge >= 0.3 is 41.9 Å². The molecule has 0 heterocycles. The first-order valence-corrected chi connectivity index (χ1v) is 3.34. The molecule has 118 valence electrons. The van der Waals surface area contributed by atoms with Crippen LogP contribution in [0.15, 0.2) is 0 Å². The van der Waals surface area contributed by atoms with Crippen LogP contribution in [0.25, 0.3) is 0 Å². The maximum Gasteiger partial charge on any atom is 3.00 e. The molecule has 0 spiro atoms. The standard InChI is InChI=1S/C2H3N.3BF4.Ir/c1-2-3;3*2-1(3,4)5;/h1H3;;;;/q;3*-1;+3. The Balaban J connectivity index is -0.0000000458. The number of nitrogens with zero attached hydrogens (tertiary/aromatic N) is 1. The van der Waals surface area contributed by atoms with E-state index in [0.29, 0.717) is 0 Å². The van der Waals surface area contributed by atoms with Crippen LogP contribution in [0.1, 0.15) is 6.92 Å². The fourth-order valence-electron chi connectivity index (χ4n) is 0. The van der Waals surface area contributed by atoms with Crippen molar-refractivity contribution >= 4 is 21.8 Å². The molecule has 0 bridgehead atoms. The zero-order chi connectivity index (χ0) is 16.2. The Morgan fingerprint density at radius 2 is 0.579 bits per heavy atom. The average molecular weight is 494 g/mol. The van der Waals surface area contributed by atoms with Crippen molar-refractivity contribution in [2.75, 3.05) is 0 Å². The SMILES string of the molecule is CC#N.F[B-](F)(F)F.F[B-](F)(F)F.F[B-](F)(F)F.[Ir+3].